The van der Waals surface area contributed by atoms with Crippen LogP contribution in [-0.4, -0.2) is 36.6 Å². The van der Waals surface area contributed by atoms with Gasteiger partial charge in [-0.05, 0) is 50.2 Å². The second-order valence-corrected chi connectivity index (χ2v) is 8.11. The molecule has 1 aromatic rings. The van der Waals surface area contributed by atoms with Gasteiger partial charge in [-0.25, -0.2) is 0 Å². The van der Waals surface area contributed by atoms with Crippen molar-refractivity contribution in [3.05, 3.63) is 22.7 Å². The molecule has 1 aliphatic carbocycles. The summed E-state index contributed by atoms with van der Waals surface area (Å²) >= 11 is 7.30. The molecular formula is C19H26ClNO4S. The van der Waals surface area contributed by atoms with Gasteiger partial charge in [0, 0.05) is 11.1 Å². The third-order valence-corrected chi connectivity index (χ3v) is 5.78. The van der Waals surface area contributed by atoms with E-state index in [0.29, 0.717) is 16.5 Å². The number of carbonyl (C=O) groups is 2. The summed E-state index contributed by atoms with van der Waals surface area (Å²) in [5, 5.41) is 3.37. The van der Waals surface area contributed by atoms with Gasteiger partial charge in [-0.3, -0.25) is 9.59 Å². The largest absolute Gasteiger partial charge is 0.495 e. The summed E-state index contributed by atoms with van der Waals surface area (Å²) in [6.45, 7) is 4.08. The molecular weight excluding hydrogens is 374 g/mol. The van der Waals surface area contributed by atoms with Gasteiger partial charge >= 0.3 is 5.97 Å². The van der Waals surface area contributed by atoms with Gasteiger partial charge in [0.15, 0.2) is 0 Å². The Morgan fingerprint density at radius 3 is 2.58 bits per heavy atom. The van der Waals surface area contributed by atoms with Gasteiger partial charge in [-0.1, -0.05) is 18.5 Å². The van der Waals surface area contributed by atoms with Crippen LogP contribution in [0.4, 0.5) is 5.69 Å². The third-order valence-electron chi connectivity index (χ3n) is 4.47. The zero-order valence-corrected chi connectivity index (χ0v) is 17.0. The Hall–Kier alpha value is -1.40. The number of halogens is 1. The summed E-state index contributed by atoms with van der Waals surface area (Å²) in [5.41, 5.74) is 1.42. The van der Waals surface area contributed by atoms with E-state index >= 15 is 0 Å². The van der Waals surface area contributed by atoms with Gasteiger partial charge < -0.3 is 14.8 Å². The number of aryl methyl sites for hydroxylation is 1. The first-order chi connectivity index (χ1) is 12.4. The predicted molar refractivity (Wildman–Crippen MR) is 106 cm³/mol. The van der Waals surface area contributed by atoms with Crippen molar-refractivity contribution in [2.75, 3.05) is 23.9 Å². The molecule has 0 bridgehead atoms. The average Bonchev–Trinajstić information content (AvgIpc) is 2.60. The van der Waals surface area contributed by atoms with Crippen LogP contribution in [0.15, 0.2) is 12.1 Å². The molecule has 26 heavy (non-hydrogen) atoms. The van der Waals surface area contributed by atoms with Crippen LogP contribution in [0.25, 0.3) is 0 Å². The monoisotopic (exact) mass is 399 g/mol. The number of thioether (sulfide) groups is 1. The quantitative estimate of drug-likeness (QED) is 0.686. The topological polar surface area (TPSA) is 64.6 Å². The Kier molecular flexibility index (Phi) is 8.10. The van der Waals surface area contributed by atoms with E-state index in [9.17, 15) is 9.59 Å². The Morgan fingerprint density at radius 1 is 1.23 bits per heavy atom. The minimum absolute atomic E-state index is 0.0365. The molecule has 1 N–H and O–H groups in total. The van der Waals surface area contributed by atoms with E-state index in [1.807, 2.05) is 6.92 Å². The summed E-state index contributed by atoms with van der Waals surface area (Å²) in [6, 6.07) is 3.43. The van der Waals surface area contributed by atoms with E-state index in [2.05, 4.69) is 12.2 Å². The molecule has 0 aliphatic heterocycles. The molecule has 5 nitrogen and oxygen atoms in total. The highest BCUT2D eigenvalue weighted by Gasteiger charge is 2.21. The highest BCUT2D eigenvalue weighted by molar-refractivity contribution is 8.00. The number of amides is 1. The Labute approximate surface area is 164 Å². The van der Waals surface area contributed by atoms with Gasteiger partial charge in [-0.15, -0.1) is 11.8 Å². The first-order valence-corrected chi connectivity index (χ1v) is 10.3. The fourth-order valence-corrected chi connectivity index (χ4v) is 3.66. The minimum atomic E-state index is -0.248. The maximum atomic E-state index is 12.1. The number of ether oxygens (including phenoxy) is 2. The molecule has 0 spiro atoms. The summed E-state index contributed by atoms with van der Waals surface area (Å²) in [4.78, 5) is 24.0. The van der Waals surface area contributed by atoms with Crippen LogP contribution < -0.4 is 10.1 Å². The lowest BCUT2D eigenvalue weighted by Crippen LogP contribution is -2.25. The molecule has 1 saturated carbocycles. The van der Waals surface area contributed by atoms with Crippen molar-refractivity contribution < 1.29 is 19.1 Å². The molecule has 0 heterocycles. The molecule has 0 unspecified atom stereocenters. The zero-order chi connectivity index (χ0) is 19.1. The molecule has 1 fully saturated rings. The average molecular weight is 400 g/mol. The molecule has 1 aromatic carbocycles. The Morgan fingerprint density at radius 2 is 1.92 bits per heavy atom. The van der Waals surface area contributed by atoms with Crippen molar-refractivity contribution in [2.24, 2.45) is 5.92 Å². The smallest absolute Gasteiger partial charge is 0.316 e. The third kappa shape index (κ3) is 6.40. The standard InChI is InChI=1S/C19H26ClNO4S/c1-12-4-6-14(7-5-12)25-19(23)11-26-10-18(22)21-16-8-13(2)15(20)9-17(16)24-3/h8-9,12,14H,4-7,10-11H2,1-3H3,(H,21,22). The van der Waals surface area contributed by atoms with E-state index in [4.69, 9.17) is 21.1 Å². The molecule has 144 valence electrons. The van der Waals surface area contributed by atoms with Crippen molar-refractivity contribution in [1.29, 1.82) is 0 Å². The van der Waals surface area contributed by atoms with Crippen LogP contribution in [0.5, 0.6) is 5.75 Å². The molecule has 0 saturated heterocycles. The molecule has 1 aliphatic rings. The number of methoxy groups -OCH3 is 1. The van der Waals surface area contributed by atoms with Crippen molar-refractivity contribution in [3.63, 3.8) is 0 Å². The first-order valence-electron chi connectivity index (χ1n) is 8.80. The Bertz CT molecular complexity index is 645. The molecule has 0 atom stereocenters. The van der Waals surface area contributed by atoms with E-state index in [0.717, 1.165) is 37.2 Å². The van der Waals surface area contributed by atoms with Crippen molar-refractivity contribution in [1.82, 2.24) is 0 Å². The highest BCUT2D eigenvalue weighted by atomic mass is 35.5. The van der Waals surface area contributed by atoms with Crippen LogP contribution in [-0.2, 0) is 14.3 Å². The minimum Gasteiger partial charge on any atom is -0.495 e. The molecule has 7 heteroatoms. The fourth-order valence-electron chi connectivity index (χ4n) is 2.91. The molecule has 2 rings (SSSR count). The number of hydrogen-bond donors (Lipinski definition) is 1. The van der Waals surface area contributed by atoms with Crippen LogP contribution in [0.3, 0.4) is 0 Å². The summed E-state index contributed by atoms with van der Waals surface area (Å²) in [6.07, 6.45) is 4.13. The number of anilines is 1. The highest BCUT2D eigenvalue weighted by Crippen LogP contribution is 2.31. The van der Waals surface area contributed by atoms with E-state index < -0.39 is 0 Å². The number of hydrogen-bond acceptors (Lipinski definition) is 5. The summed E-state index contributed by atoms with van der Waals surface area (Å²) in [7, 11) is 1.52. The lowest BCUT2D eigenvalue weighted by Gasteiger charge is -2.25. The SMILES string of the molecule is COc1cc(Cl)c(C)cc1NC(=O)CSCC(=O)OC1CCC(C)CC1. The van der Waals surface area contributed by atoms with E-state index in [1.165, 1.54) is 18.9 Å². The first kappa shape index (κ1) is 20.9. The predicted octanol–water partition coefficient (Wildman–Crippen LogP) is 4.45. The molecule has 0 aromatic heterocycles. The van der Waals surface area contributed by atoms with Gasteiger partial charge in [-0.2, -0.15) is 0 Å². The van der Waals surface area contributed by atoms with Crippen LogP contribution in [0.1, 0.15) is 38.2 Å². The summed E-state index contributed by atoms with van der Waals surface area (Å²) < 4.78 is 10.7. The maximum absolute atomic E-state index is 12.1. The second kappa shape index (κ2) is 10.1. The number of esters is 1. The lowest BCUT2D eigenvalue weighted by molar-refractivity contribution is -0.147. The molecule has 1 amide bonds. The van der Waals surface area contributed by atoms with Crippen LogP contribution >= 0.6 is 23.4 Å². The number of rotatable bonds is 7. The van der Waals surface area contributed by atoms with Gasteiger partial charge in [0.2, 0.25) is 5.91 Å². The Balaban J connectivity index is 1.73. The van der Waals surface area contributed by atoms with Crippen LogP contribution in [0.2, 0.25) is 5.02 Å². The molecule has 0 radical (unpaired) electrons. The van der Waals surface area contributed by atoms with Gasteiger partial charge in [0.05, 0.1) is 24.3 Å². The maximum Gasteiger partial charge on any atom is 0.316 e. The lowest BCUT2D eigenvalue weighted by atomic mass is 9.89. The van der Waals surface area contributed by atoms with Crippen LogP contribution in [0, 0.1) is 12.8 Å². The van der Waals surface area contributed by atoms with Gasteiger partial charge in [0.1, 0.15) is 11.9 Å². The normalized spacial score (nSPS) is 19.7. The zero-order valence-electron chi connectivity index (χ0n) is 15.5. The van der Waals surface area contributed by atoms with Crippen molar-refractivity contribution in [2.45, 2.75) is 45.6 Å². The van der Waals surface area contributed by atoms with Crippen molar-refractivity contribution >= 4 is 40.9 Å². The second-order valence-electron chi connectivity index (χ2n) is 6.71. The number of carbonyl (C=O) groups excluding carboxylic acids is 2. The van der Waals surface area contributed by atoms with Gasteiger partial charge in [0.25, 0.3) is 0 Å². The van der Waals surface area contributed by atoms with E-state index in [1.54, 1.807) is 12.1 Å². The van der Waals surface area contributed by atoms with E-state index in [-0.39, 0.29) is 29.5 Å². The fraction of sp³-hybridized carbons (Fsp3) is 0.579. The number of benzene rings is 1. The van der Waals surface area contributed by atoms with Crippen molar-refractivity contribution in [3.8, 4) is 5.75 Å². The number of nitrogens with one attached hydrogen (secondary N) is 1. The summed E-state index contributed by atoms with van der Waals surface area (Å²) in [5.74, 6) is 1.12.